The molecule has 9 heteroatoms. The van der Waals surface area contributed by atoms with Gasteiger partial charge in [0.2, 0.25) is 0 Å². The molecule has 2 aromatic carbocycles. The van der Waals surface area contributed by atoms with E-state index in [2.05, 4.69) is 30.7 Å². The second-order valence-electron chi connectivity index (χ2n) is 5.87. The van der Waals surface area contributed by atoms with Crippen molar-refractivity contribution in [2.24, 2.45) is 0 Å². The fourth-order valence-electron chi connectivity index (χ4n) is 2.28. The Kier molecular flexibility index (Phi) is 6.80. The summed E-state index contributed by atoms with van der Waals surface area (Å²) >= 11 is 0. The van der Waals surface area contributed by atoms with Gasteiger partial charge in [-0.15, -0.1) is 0 Å². The summed E-state index contributed by atoms with van der Waals surface area (Å²) < 4.78 is 9.11. The molecule has 0 saturated carbocycles. The summed E-state index contributed by atoms with van der Waals surface area (Å²) in [6.07, 6.45) is -1.21. The summed E-state index contributed by atoms with van der Waals surface area (Å²) in [5.74, 6) is 0. The first kappa shape index (κ1) is 20.6. The fraction of sp³-hybridized carbons (Fsp3) is 0.211. The van der Waals surface area contributed by atoms with Crippen molar-refractivity contribution in [1.82, 2.24) is 0 Å². The Morgan fingerprint density at radius 3 is 1.43 bits per heavy atom. The summed E-state index contributed by atoms with van der Waals surface area (Å²) in [5, 5.41) is 10.5. The van der Waals surface area contributed by atoms with Gasteiger partial charge in [0.05, 0.1) is 14.2 Å². The Morgan fingerprint density at radius 2 is 1.07 bits per heavy atom. The monoisotopic (exact) mass is 386 g/mol. The lowest BCUT2D eigenvalue weighted by atomic mass is 10.1. The van der Waals surface area contributed by atoms with Gasteiger partial charge in [-0.2, -0.15) is 0 Å². The predicted octanol–water partition coefficient (Wildman–Crippen LogP) is 4.30. The number of carbonyl (C=O) groups is 3. The first-order chi connectivity index (χ1) is 13.3. The molecule has 0 aliphatic rings. The zero-order chi connectivity index (χ0) is 20.7. The standard InChI is InChI=1S/C19H22N4O5/c1-11-5-7-13(20-18(25)27-3)9-15(11)22-17(24)23-16-10-14(8-6-12(16)2)21-19(26)28-4/h5-10H,1-4H3,(H,20,25)(H,21,26)(H2,22,23,24). The number of benzene rings is 2. The van der Waals surface area contributed by atoms with E-state index in [1.54, 1.807) is 36.4 Å². The van der Waals surface area contributed by atoms with Gasteiger partial charge >= 0.3 is 18.2 Å². The number of urea groups is 1. The maximum Gasteiger partial charge on any atom is 0.411 e. The molecule has 0 aromatic heterocycles. The Labute approximate surface area is 162 Å². The highest BCUT2D eigenvalue weighted by molar-refractivity contribution is 6.01. The van der Waals surface area contributed by atoms with Crippen LogP contribution in [-0.2, 0) is 9.47 Å². The third-order valence-corrected chi connectivity index (χ3v) is 3.84. The molecule has 4 amide bonds. The van der Waals surface area contributed by atoms with E-state index in [-0.39, 0.29) is 0 Å². The van der Waals surface area contributed by atoms with Gasteiger partial charge in [0.15, 0.2) is 0 Å². The number of carbonyl (C=O) groups excluding carboxylic acids is 3. The summed E-state index contributed by atoms with van der Waals surface area (Å²) in [6, 6.07) is 9.67. The van der Waals surface area contributed by atoms with Crippen molar-refractivity contribution in [2.75, 3.05) is 35.5 Å². The molecule has 0 spiro atoms. The van der Waals surface area contributed by atoms with E-state index in [1.165, 1.54) is 14.2 Å². The summed E-state index contributed by atoms with van der Waals surface area (Å²) in [6.45, 7) is 3.65. The highest BCUT2D eigenvalue weighted by Gasteiger charge is 2.10. The van der Waals surface area contributed by atoms with Crippen LogP contribution in [0, 0.1) is 13.8 Å². The van der Waals surface area contributed by atoms with E-state index in [9.17, 15) is 14.4 Å². The number of amides is 4. The van der Waals surface area contributed by atoms with Crippen molar-refractivity contribution in [3.63, 3.8) is 0 Å². The molecule has 9 nitrogen and oxygen atoms in total. The van der Waals surface area contributed by atoms with Crippen molar-refractivity contribution in [3.8, 4) is 0 Å². The average Bonchev–Trinajstić information content (AvgIpc) is 2.66. The van der Waals surface area contributed by atoms with Gasteiger partial charge in [0, 0.05) is 22.7 Å². The molecule has 2 aromatic rings. The molecule has 0 fully saturated rings. The highest BCUT2D eigenvalue weighted by Crippen LogP contribution is 2.23. The molecule has 0 atom stereocenters. The number of methoxy groups -OCH3 is 2. The van der Waals surface area contributed by atoms with Gasteiger partial charge in [0.25, 0.3) is 0 Å². The lowest BCUT2D eigenvalue weighted by Gasteiger charge is -2.14. The first-order valence-electron chi connectivity index (χ1n) is 8.31. The Morgan fingerprint density at radius 1 is 0.679 bits per heavy atom. The zero-order valence-corrected chi connectivity index (χ0v) is 16.0. The third kappa shape index (κ3) is 5.63. The maximum atomic E-state index is 12.4. The van der Waals surface area contributed by atoms with Crippen molar-refractivity contribution in [2.45, 2.75) is 13.8 Å². The van der Waals surface area contributed by atoms with Gasteiger partial charge in [0.1, 0.15) is 0 Å². The number of nitrogens with one attached hydrogen (secondary N) is 4. The molecule has 0 bridgehead atoms. The molecule has 148 valence electrons. The second kappa shape index (κ2) is 9.26. The Hall–Kier alpha value is -3.75. The van der Waals surface area contributed by atoms with Crippen LogP contribution in [0.3, 0.4) is 0 Å². The van der Waals surface area contributed by atoms with Crippen LogP contribution >= 0.6 is 0 Å². The van der Waals surface area contributed by atoms with Crippen LogP contribution in [0.5, 0.6) is 0 Å². The van der Waals surface area contributed by atoms with E-state index in [0.717, 1.165) is 11.1 Å². The smallest absolute Gasteiger partial charge is 0.411 e. The van der Waals surface area contributed by atoms with E-state index < -0.39 is 18.2 Å². The van der Waals surface area contributed by atoms with Gasteiger partial charge < -0.3 is 20.1 Å². The van der Waals surface area contributed by atoms with Crippen molar-refractivity contribution in [3.05, 3.63) is 47.5 Å². The number of hydrogen-bond donors (Lipinski definition) is 4. The van der Waals surface area contributed by atoms with E-state index in [1.807, 2.05) is 13.8 Å². The van der Waals surface area contributed by atoms with Crippen LogP contribution in [0.15, 0.2) is 36.4 Å². The SMILES string of the molecule is COC(=O)Nc1ccc(C)c(NC(=O)Nc2cc(NC(=O)OC)ccc2C)c1. The van der Waals surface area contributed by atoms with Crippen LogP contribution in [-0.4, -0.2) is 32.4 Å². The molecule has 0 unspecified atom stereocenters. The van der Waals surface area contributed by atoms with Gasteiger partial charge in [-0.3, -0.25) is 10.6 Å². The lowest BCUT2D eigenvalue weighted by Crippen LogP contribution is -2.21. The van der Waals surface area contributed by atoms with Crippen LogP contribution in [0.25, 0.3) is 0 Å². The summed E-state index contributed by atoms with van der Waals surface area (Å²) in [7, 11) is 2.53. The summed E-state index contributed by atoms with van der Waals surface area (Å²) in [4.78, 5) is 35.1. The minimum absolute atomic E-state index is 0.475. The largest absolute Gasteiger partial charge is 0.453 e. The molecular formula is C19H22N4O5. The molecule has 0 aliphatic heterocycles. The molecule has 2 rings (SSSR count). The molecule has 4 N–H and O–H groups in total. The number of anilines is 4. The van der Waals surface area contributed by atoms with E-state index in [0.29, 0.717) is 22.7 Å². The van der Waals surface area contributed by atoms with Crippen molar-refractivity contribution in [1.29, 1.82) is 0 Å². The fourth-order valence-corrected chi connectivity index (χ4v) is 2.28. The van der Waals surface area contributed by atoms with Crippen LogP contribution in [0.1, 0.15) is 11.1 Å². The van der Waals surface area contributed by atoms with Gasteiger partial charge in [-0.1, -0.05) is 12.1 Å². The number of hydrogen-bond acceptors (Lipinski definition) is 5. The zero-order valence-electron chi connectivity index (χ0n) is 16.0. The minimum atomic E-state index is -0.607. The molecule has 0 saturated heterocycles. The topological polar surface area (TPSA) is 118 Å². The molecule has 0 heterocycles. The Balaban J connectivity index is 2.11. The Bertz CT molecular complexity index is 826. The first-order valence-corrected chi connectivity index (χ1v) is 8.31. The molecule has 0 aliphatic carbocycles. The normalized spacial score (nSPS) is 9.86. The van der Waals surface area contributed by atoms with E-state index >= 15 is 0 Å². The van der Waals surface area contributed by atoms with E-state index in [4.69, 9.17) is 0 Å². The van der Waals surface area contributed by atoms with Crippen LogP contribution in [0.2, 0.25) is 0 Å². The quantitative estimate of drug-likeness (QED) is 0.625. The molecular weight excluding hydrogens is 364 g/mol. The van der Waals surface area contributed by atoms with Crippen molar-refractivity contribution >= 4 is 41.0 Å². The highest BCUT2D eigenvalue weighted by atomic mass is 16.5. The number of ether oxygens (including phenoxy) is 2. The lowest BCUT2D eigenvalue weighted by molar-refractivity contribution is 0.186. The third-order valence-electron chi connectivity index (χ3n) is 3.84. The van der Waals surface area contributed by atoms with Crippen LogP contribution < -0.4 is 21.3 Å². The van der Waals surface area contributed by atoms with Crippen LogP contribution in [0.4, 0.5) is 37.1 Å². The summed E-state index contributed by atoms with van der Waals surface area (Å²) in [5.41, 5.74) is 3.62. The molecule has 0 radical (unpaired) electrons. The van der Waals surface area contributed by atoms with Gasteiger partial charge in [-0.05, 0) is 49.2 Å². The second-order valence-corrected chi connectivity index (χ2v) is 5.87. The number of aryl methyl sites for hydroxylation is 2. The predicted molar refractivity (Wildman–Crippen MR) is 107 cm³/mol. The van der Waals surface area contributed by atoms with Gasteiger partial charge in [-0.25, -0.2) is 14.4 Å². The number of rotatable bonds is 4. The minimum Gasteiger partial charge on any atom is -0.453 e. The molecule has 28 heavy (non-hydrogen) atoms. The maximum absolute atomic E-state index is 12.4. The van der Waals surface area contributed by atoms with Crippen molar-refractivity contribution < 1.29 is 23.9 Å². The average molecular weight is 386 g/mol.